The summed E-state index contributed by atoms with van der Waals surface area (Å²) in [6.45, 7) is 3.60. The molecule has 16 heavy (non-hydrogen) atoms. The van der Waals surface area contributed by atoms with E-state index in [2.05, 4.69) is 11.3 Å². The van der Waals surface area contributed by atoms with Crippen molar-refractivity contribution < 1.29 is 19.4 Å². The number of carbonyl (C=O) groups is 2. The molecule has 88 valence electrons. The first kappa shape index (κ1) is 12.5. The van der Waals surface area contributed by atoms with Crippen molar-refractivity contribution in [2.75, 3.05) is 7.11 Å². The molecule has 0 amide bonds. The molecule has 0 aromatic rings. The third-order valence-electron chi connectivity index (χ3n) is 2.90. The van der Waals surface area contributed by atoms with Gasteiger partial charge in [-0.2, -0.15) is 0 Å². The average Bonchev–Trinajstić information content (AvgIpc) is 2.27. The summed E-state index contributed by atoms with van der Waals surface area (Å²) >= 11 is 0. The second-order valence-corrected chi connectivity index (χ2v) is 3.85. The van der Waals surface area contributed by atoms with E-state index < -0.39 is 23.8 Å². The summed E-state index contributed by atoms with van der Waals surface area (Å²) in [6, 6.07) is 0. The number of hydrogen-bond acceptors (Lipinski definition) is 3. The number of ether oxygens (including phenoxy) is 1. The van der Waals surface area contributed by atoms with Crippen LogP contribution in [0.25, 0.3) is 0 Å². The van der Waals surface area contributed by atoms with Gasteiger partial charge in [0.05, 0.1) is 18.9 Å². The molecule has 1 unspecified atom stereocenters. The van der Waals surface area contributed by atoms with Gasteiger partial charge in [0, 0.05) is 0 Å². The van der Waals surface area contributed by atoms with Crippen LogP contribution in [0.3, 0.4) is 0 Å². The van der Waals surface area contributed by atoms with E-state index in [9.17, 15) is 14.7 Å². The van der Waals surface area contributed by atoms with Gasteiger partial charge < -0.3 is 9.84 Å². The van der Waals surface area contributed by atoms with Gasteiger partial charge in [0.15, 0.2) is 0 Å². The third-order valence-corrected chi connectivity index (χ3v) is 2.90. The zero-order valence-corrected chi connectivity index (χ0v) is 9.26. The molecule has 4 heteroatoms. The van der Waals surface area contributed by atoms with Crippen LogP contribution in [-0.2, 0) is 14.3 Å². The summed E-state index contributed by atoms with van der Waals surface area (Å²) < 4.78 is 4.63. The number of carboxylic acids is 1. The molecule has 0 bridgehead atoms. The number of rotatable bonds is 4. The van der Waals surface area contributed by atoms with Crippen molar-refractivity contribution in [1.29, 1.82) is 0 Å². The van der Waals surface area contributed by atoms with Gasteiger partial charge in [-0.25, -0.2) is 0 Å². The van der Waals surface area contributed by atoms with E-state index >= 15 is 0 Å². The molecule has 1 N–H and O–H groups in total. The van der Waals surface area contributed by atoms with Crippen LogP contribution in [0.15, 0.2) is 24.8 Å². The highest BCUT2D eigenvalue weighted by Crippen LogP contribution is 2.33. The quantitative estimate of drug-likeness (QED) is 0.582. The van der Waals surface area contributed by atoms with E-state index in [1.807, 2.05) is 12.2 Å². The fraction of sp³-hybridized carbons (Fsp3) is 0.500. The summed E-state index contributed by atoms with van der Waals surface area (Å²) in [5, 5.41) is 9.17. The third kappa shape index (κ3) is 2.51. The minimum absolute atomic E-state index is 0.173. The van der Waals surface area contributed by atoms with Crippen molar-refractivity contribution >= 4 is 11.9 Å². The molecule has 0 aromatic carbocycles. The van der Waals surface area contributed by atoms with Gasteiger partial charge in [0.25, 0.3) is 0 Å². The van der Waals surface area contributed by atoms with Gasteiger partial charge >= 0.3 is 11.9 Å². The van der Waals surface area contributed by atoms with Crippen LogP contribution in [0.4, 0.5) is 0 Å². The maximum atomic E-state index is 11.5. The van der Waals surface area contributed by atoms with Crippen LogP contribution in [-0.4, -0.2) is 24.2 Å². The molecule has 0 radical (unpaired) electrons. The van der Waals surface area contributed by atoms with Crippen molar-refractivity contribution in [1.82, 2.24) is 0 Å². The second kappa shape index (κ2) is 5.49. The fourth-order valence-electron chi connectivity index (χ4n) is 2.13. The molecule has 1 aliphatic rings. The first-order chi connectivity index (χ1) is 7.61. The lowest BCUT2D eigenvalue weighted by atomic mass is 9.74. The lowest BCUT2D eigenvalue weighted by Crippen LogP contribution is -2.37. The van der Waals surface area contributed by atoms with Crippen LogP contribution in [0, 0.1) is 17.8 Å². The predicted octanol–water partition coefficient (Wildman–Crippen LogP) is 1.63. The highest BCUT2D eigenvalue weighted by atomic mass is 16.5. The second-order valence-electron chi connectivity index (χ2n) is 3.85. The summed E-state index contributed by atoms with van der Waals surface area (Å²) in [6.07, 6.45) is 6.35. The largest absolute Gasteiger partial charge is 0.481 e. The molecular formula is C12H16O4. The molecule has 1 aliphatic carbocycles. The Balaban J connectivity index is 2.93. The Kier molecular flexibility index (Phi) is 4.28. The van der Waals surface area contributed by atoms with Crippen molar-refractivity contribution in [3.8, 4) is 0 Å². The van der Waals surface area contributed by atoms with E-state index in [0.717, 1.165) is 0 Å². The molecule has 0 saturated carbocycles. The van der Waals surface area contributed by atoms with Crippen LogP contribution in [0.5, 0.6) is 0 Å². The van der Waals surface area contributed by atoms with Crippen LogP contribution >= 0.6 is 0 Å². The maximum Gasteiger partial charge on any atom is 0.309 e. The monoisotopic (exact) mass is 224 g/mol. The summed E-state index contributed by atoms with van der Waals surface area (Å²) in [7, 11) is 1.28. The van der Waals surface area contributed by atoms with Crippen molar-refractivity contribution in [2.24, 2.45) is 17.8 Å². The number of hydrogen-bond donors (Lipinski definition) is 1. The molecular weight excluding hydrogens is 208 g/mol. The topological polar surface area (TPSA) is 63.6 Å². The minimum Gasteiger partial charge on any atom is -0.481 e. The van der Waals surface area contributed by atoms with Crippen molar-refractivity contribution in [3.63, 3.8) is 0 Å². The number of allylic oxidation sites excluding steroid dienone is 3. The normalized spacial score (nSPS) is 28.4. The number of aliphatic carboxylic acids is 1. The van der Waals surface area contributed by atoms with Gasteiger partial charge in [-0.1, -0.05) is 18.2 Å². The van der Waals surface area contributed by atoms with Crippen LogP contribution in [0.1, 0.15) is 12.8 Å². The Hall–Kier alpha value is -1.58. The van der Waals surface area contributed by atoms with E-state index in [4.69, 9.17) is 0 Å². The number of carboxylic acid groups (broad SMARTS) is 1. The van der Waals surface area contributed by atoms with Gasteiger partial charge in [-0.05, 0) is 18.8 Å². The SMILES string of the molecule is C=CCC1C=CC[C@@H](C(=O)OC)[C@H]1C(=O)O. The molecule has 0 aromatic heterocycles. The zero-order chi connectivity index (χ0) is 12.1. The summed E-state index contributed by atoms with van der Waals surface area (Å²) in [5.41, 5.74) is 0. The molecule has 0 fully saturated rings. The van der Waals surface area contributed by atoms with Crippen LogP contribution < -0.4 is 0 Å². The molecule has 1 rings (SSSR count). The first-order valence-electron chi connectivity index (χ1n) is 5.20. The van der Waals surface area contributed by atoms with E-state index in [1.165, 1.54) is 7.11 Å². The highest BCUT2D eigenvalue weighted by Gasteiger charge is 2.40. The van der Waals surface area contributed by atoms with E-state index in [0.29, 0.717) is 12.8 Å². The average molecular weight is 224 g/mol. The Labute approximate surface area is 94.6 Å². The Bertz CT molecular complexity index is 319. The number of carbonyl (C=O) groups excluding carboxylic acids is 1. The summed E-state index contributed by atoms with van der Waals surface area (Å²) in [4.78, 5) is 22.7. The Morgan fingerprint density at radius 2 is 2.31 bits per heavy atom. The zero-order valence-electron chi connectivity index (χ0n) is 9.26. The lowest BCUT2D eigenvalue weighted by molar-refractivity contribution is -0.157. The van der Waals surface area contributed by atoms with Crippen LogP contribution in [0.2, 0.25) is 0 Å². The van der Waals surface area contributed by atoms with Crippen molar-refractivity contribution in [2.45, 2.75) is 12.8 Å². The van der Waals surface area contributed by atoms with Gasteiger partial charge in [-0.15, -0.1) is 6.58 Å². The molecule has 4 nitrogen and oxygen atoms in total. The predicted molar refractivity (Wildman–Crippen MR) is 58.7 cm³/mol. The molecule has 0 aliphatic heterocycles. The fourth-order valence-corrected chi connectivity index (χ4v) is 2.13. The molecule has 3 atom stereocenters. The highest BCUT2D eigenvalue weighted by molar-refractivity contribution is 5.82. The number of methoxy groups -OCH3 is 1. The molecule has 0 saturated heterocycles. The smallest absolute Gasteiger partial charge is 0.309 e. The standard InChI is InChI=1S/C12H16O4/c1-3-5-8-6-4-7-9(12(15)16-2)10(8)11(13)14/h3-4,6,8-10H,1,5,7H2,2H3,(H,13,14)/t8?,9-,10+/m1/s1. The van der Waals surface area contributed by atoms with Gasteiger partial charge in [-0.3, -0.25) is 9.59 Å². The number of esters is 1. The van der Waals surface area contributed by atoms with Gasteiger partial charge in [0.2, 0.25) is 0 Å². The molecule has 0 heterocycles. The van der Waals surface area contributed by atoms with Crippen molar-refractivity contribution in [3.05, 3.63) is 24.8 Å². The first-order valence-corrected chi connectivity index (χ1v) is 5.20. The minimum atomic E-state index is -0.952. The van der Waals surface area contributed by atoms with E-state index in [-0.39, 0.29) is 5.92 Å². The van der Waals surface area contributed by atoms with Gasteiger partial charge in [0.1, 0.15) is 0 Å². The summed E-state index contributed by atoms with van der Waals surface area (Å²) in [5.74, 6) is -2.88. The maximum absolute atomic E-state index is 11.5. The Morgan fingerprint density at radius 3 is 2.81 bits per heavy atom. The Morgan fingerprint density at radius 1 is 1.62 bits per heavy atom. The molecule has 0 spiro atoms. The lowest BCUT2D eigenvalue weighted by Gasteiger charge is -2.29. The van der Waals surface area contributed by atoms with E-state index in [1.54, 1.807) is 6.08 Å².